The van der Waals surface area contributed by atoms with Crippen molar-refractivity contribution in [1.29, 1.82) is 0 Å². The number of ether oxygens (including phenoxy) is 1. The van der Waals surface area contributed by atoms with E-state index in [9.17, 15) is 16.8 Å². The Morgan fingerprint density at radius 1 is 1.23 bits per heavy atom. The zero-order valence-corrected chi connectivity index (χ0v) is 18.9. The van der Waals surface area contributed by atoms with Gasteiger partial charge in [0.25, 0.3) is 0 Å². The van der Waals surface area contributed by atoms with Gasteiger partial charge in [0, 0.05) is 28.1 Å². The maximum Gasteiger partial charge on any atom is 0.244 e. The highest BCUT2D eigenvalue weighted by Crippen LogP contribution is 2.32. The van der Waals surface area contributed by atoms with Crippen molar-refractivity contribution in [3.63, 3.8) is 0 Å². The molecule has 1 aromatic rings. The van der Waals surface area contributed by atoms with Crippen molar-refractivity contribution in [2.75, 3.05) is 24.7 Å². The third-order valence-electron chi connectivity index (χ3n) is 4.79. The first-order valence-corrected chi connectivity index (χ1v) is 13.3. The van der Waals surface area contributed by atoms with Crippen LogP contribution in [0.5, 0.6) is 0 Å². The molecule has 2 heterocycles. The van der Waals surface area contributed by atoms with Crippen LogP contribution in [0.25, 0.3) is 0 Å². The summed E-state index contributed by atoms with van der Waals surface area (Å²) in [5.74, 6) is -0.0906. The third kappa shape index (κ3) is 4.70. The summed E-state index contributed by atoms with van der Waals surface area (Å²) in [6.07, 6.45) is 2.83. The van der Waals surface area contributed by atoms with Crippen LogP contribution < -0.4 is 0 Å². The minimum absolute atomic E-state index is 0.0310. The first-order chi connectivity index (χ1) is 12.2. The van der Waals surface area contributed by atoms with Crippen molar-refractivity contribution in [1.82, 2.24) is 4.31 Å². The number of halogens is 2. The molecule has 0 bridgehead atoms. The summed E-state index contributed by atoms with van der Waals surface area (Å²) in [6, 6.07) is 4.43. The van der Waals surface area contributed by atoms with Crippen LogP contribution in [0.1, 0.15) is 25.7 Å². The van der Waals surface area contributed by atoms with Crippen LogP contribution >= 0.6 is 31.9 Å². The van der Waals surface area contributed by atoms with E-state index in [0.29, 0.717) is 28.4 Å². The van der Waals surface area contributed by atoms with Crippen LogP contribution in [0.2, 0.25) is 0 Å². The van der Waals surface area contributed by atoms with E-state index in [2.05, 4.69) is 31.9 Å². The second-order valence-electron chi connectivity index (χ2n) is 6.67. The van der Waals surface area contributed by atoms with Crippen molar-refractivity contribution in [3.05, 3.63) is 27.1 Å². The molecule has 146 valence electrons. The Morgan fingerprint density at radius 3 is 2.62 bits per heavy atom. The van der Waals surface area contributed by atoms with Crippen LogP contribution in [0.3, 0.4) is 0 Å². The molecule has 6 nitrogen and oxygen atoms in total. The lowest BCUT2D eigenvalue weighted by Gasteiger charge is -2.28. The van der Waals surface area contributed by atoms with Crippen LogP contribution in [0.15, 0.2) is 32.0 Å². The van der Waals surface area contributed by atoms with Crippen LogP contribution in [-0.4, -0.2) is 57.9 Å². The molecule has 0 spiro atoms. The minimum atomic E-state index is -3.84. The highest BCUT2D eigenvalue weighted by Gasteiger charge is 2.39. The number of sulfonamides is 1. The zero-order chi connectivity index (χ0) is 18.9. The van der Waals surface area contributed by atoms with E-state index in [4.69, 9.17) is 4.74 Å². The maximum absolute atomic E-state index is 13.3. The van der Waals surface area contributed by atoms with Gasteiger partial charge in [-0.05, 0) is 59.8 Å². The lowest BCUT2D eigenvalue weighted by Crippen LogP contribution is -2.42. The molecule has 0 aliphatic carbocycles. The molecule has 0 unspecified atom stereocenters. The van der Waals surface area contributed by atoms with Gasteiger partial charge in [0.15, 0.2) is 9.84 Å². The molecule has 2 aliphatic heterocycles. The molecule has 0 amide bonds. The molecule has 2 fully saturated rings. The Kier molecular flexibility index (Phi) is 6.51. The van der Waals surface area contributed by atoms with E-state index in [1.165, 1.54) is 4.31 Å². The molecule has 1 aromatic carbocycles. The SMILES string of the molecule is O=S1(=O)CC[C@H](N(CC[C@@H]2CCCO2)S(=O)(=O)c2cc(Br)ccc2Br)C1. The van der Waals surface area contributed by atoms with Crippen molar-refractivity contribution >= 4 is 51.7 Å². The summed E-state index contributed by atoms with van der Waals surface area (Å²) in [7, 11) is -7.04. The van der Waals surface area contributed by atoms with E-state index in [1.807, 2.05) is 0 Å². The normalized spacial score (nSPS) is 25.8. The number of hydrogen-bond acceptors (Lipinski definition) is 5. The van der Waals surface area contributed by atoms with E-state index in [1.54, 1.807) is 18.2 Å². The van der Waals surface area contributed by atoms with Gasteiger partial charge in [-0.3, -0.25) is 0 Å². The first kappa shape index (κ1) is 20.7. The fraction of sp³-hybridized carbons (Fsp3) is 0.625. The summed E-state index contributed by atoms with van der Waals surface area (Å²) < 4.78 is 58.6. The predicted octanol–water partition coefficient (Wildman–Crippen LogP) is 2.96. The molecule has 10 heteroatoms. The van der Waals surface area contributed by atoms with Crippen LogP contribution in [-0.2, 0) is 24.6 Å². The van der Waals surface area contributed by atoms with E-state index in [-0.39, 0.29) is 29.0 Å². The van der Waals surface area contributed by atoms with Crippen molar-refractivity contribution in [2.45, 2.75) is 42.7 Å². The molecule has 0 aromatic heterocycles. The van der Waals surface area contributed by atoms with Crippen molar-refractivity contribution in [3.8, 4) is 0 Å². The molecule has 0 N–H and O–H groups in total. The predicted molar refractivity (Wildman–Crippen MR) is 106 cm³/mol. The first-order valence-electron chi connectivity index (χ1n) is 8.48. The molecule has 2 saturated heterocycles. The topological polar surface area (TPSA) is 80.8 Å². The molecule has 0 saturated carbocycles. The van der Waals surface area contributed by atoms with Gasteiger partial charge in [-0.2, -0.15) is 4.31 Å². The lowest BCUT2D eigenvalue weighted by atomic mass is 10.1. The molecule has 26 heavy (non-hydrogen) atoms. The average Bonchev–Trinajstić information content (AvgIpc) is 3.19. The Morgan fingerprint density at radius 2 is 2.00 bits per heavy atom. The fourth-order valence-corrected chi connectivity index (χ4v) is 8.41. The van der Waals surface area contributed by atoms with E-state index in [0.717, 1.165) is 12.8 Å². The number of sulfone groups is 1. The molecule has 2 aliphatic rings. The Bertz CT molecular complexity index is 867. The second kappa shape index (κ2) is 8.16. The summed E-state index contributed by atoms with van der Waals surface area (Å²) in [5.41, 5.74) is 0. The van der Waals surface area contributed by atoms with Gasteiger partial charge < -0.3 is 4.74 Å². The Balaban J connectivity index is 1.91. The van der Waals surface area contributed by atoms with Crippen molar-refractivity contribution < 1.29 is 21.6 Å². The van der Waals surface area contributed by atoms with Gasteiger partial charge in [-0.15, -0.1) is 0 Å². The van der Waals surface area contributed by atoms with Gasteiger partial charge in [0.2, 0.25) is 10.0 Å². The largest absolute Gasteiger partial charge is 0.378 e. The molecule has 2 atom stereocenters. The van der Waals surface area contributed by atoms with Gasteiger partial charge in [0.05, 0.1) is 22.5 Å². The molecular formula is C16H21Br2NO5S2. The average molecular weight is 531 g/mol. The van der Waals surface area contributed by atoms with E-state index >= 15 is 0 Å². The van der Waals surface area contributed by atoms with Gasteiger partial charge in [-0.1, -0.05) is 15.9 Å². The van der Waals surface area contributed by atoms with Gasteiger partial charge >= 0.3 is 0 Å². The van der Waals surface area contributed by atoms with Gasteiger partial charge in [-0.25, -0.2) is 16.8 Å². The second-order valence-corrected chi connectivity index (χ2v) is 12.5. The highest BCUT2D eigenvalue weighted by atomic mass is 79.9. The van der Waals surface area contributed by atoms with Crippen molar-refractivity contribution in [2.24, 2.45) is 0 Å². The zero-order valence-electron chi connectivity index (χ0n) is 14.1. The van der Waals surface area contributed by atoms with Gasteiger partial charge in [0.1, 0.15) is 0 Å². The fourth-order valence-electron chi connectivity index (χ4n) is 3.45. The third-order valence-corrected chi connectivity index (χ3v) is 9.98. The number of benzene rings is 1. The minimum Gasteiger partial charge on any atom is -0.378 e. The molecule has 0 radical (unpaired) electrons. The van der Waals surface area contributed by atoms with E-state index < -0.39 is 25.9 Å². The summed E-state index contributed by atoms with van der Waals surface area (Å²) >= 11 is 6.63. The summed E-state index contributed by atoms with van der Waals surface area (Å²) in [4.78, 5) is 0.142. The number of rotatable bonds is 6. The number of hydrogen-bond donors (Lipinski definition) is 0. The Hall–Kier alpha value is -0.000000000000000111. The molecular weight excluding hydrogens is 510 g/mol. The highest BCUT2D eigenvalue weighted by molar-refractivity contribution is 9.11. The Labute approximate surface area is 171 Å². The maximum atomic E-state index is 13.3. The monoisotopic (exact) mass is 529 g/mol. The van der Waals surface area contributed by atoms with Crippen LogP contribution in [0, 0.1) is 0 Å². The van der Waals surface area contributed by atoms with Crippen LogP contribution in [0.4, 0.5) is 0 Å². The smallest absolute Gasteiger partial charge is 0.244 e. The summed E-state index contributed by atoms with van der Waals surface area (Å²) in [5, 5.41) is 0. The quantitative estimate of drug-likeness (QED) is 0.564. The number of nitrogens with zero attached hydrogens (tertiary/aromatic N) is 1. The molecule has 3 rings (SSSR count). The lowest BCUT2D eigenvalue weighted by molar-refractivity contribution is 0.0974. The summed E-state index contributed by atoms with van der Waals surface area (Å²) in [6.45, 7) is 0.957. The standard InChI is InChI=1S/C16H21Br2NO5S2/c17-12-3-4-15(18)16(10-12)26(22,23)19(7-5-14-2-1-8-24-14)13-6-9-25(20,21)11-13/h3-4,10,13-14H,1-2,5-9,11H2/t13-,14-/m0/s1.